The number of thioether (sulfide) groups is 1. The first-order valence-corrected chi connectivity index (χ1v) is 6.36. The fourth-order valence-electron chi connectivity index (χ4n) is 2.44. The number of hydrogen-bond acceptors (Lipinski definition) is 3. The normalized spacial score (nSPS) is 31.8. The van der Waals surface area contributed by atoms with Gasteiger partial charge in [-0.15, -0.1) is 0 Å². The molecule has 0 aromatic carbocycles. The summed E-state index contributed by atoms with van der Waals surface area (Å²) in [5.41, 5.74) is 0. The molecule has 0 radical (unpaired) electrons. The summed E-state index contributed by atoms with van der Waals surface area (Å²) in [4.78, 5) is 28.3. The minimum atomic E-state index is -0.390. The van der Waals surface area contributed by atoms with Crippen LogP contribution in [-0.4, -0.2) is 40.1 Å². The highest BCUT2D eigenvalue weighted by atomic mass is 32.2. The van der Waals surface area contributed by atoms with Gasteiger partial charge in [0.15, 0.2) is 0 Å². The Balaban J connectivity index is 2.04. The summed E-state index contributed by atoms with van der Waals surface area (Å²) < 4.78 is -0.390. The molecule has 0 aliphatic carbocycles. The predicted molar refractivity (Wildman–Crippen MR) is 64.5 cm³/mol. The minimum absolute atomic E-state index is 0.000414. The van der Waals surface area contributed by atoms with Gasteiger partial charge in [-0.1, -0.05) is 11.8 Å². The zero-order valence-electron chi connectivity index (χ0n) is 9.60. The number of aliphatic imine (C=N–C) groups is 1. The number of likely N-dealkylation sites (tertiary alicyclic amines) is 1. The van der Waals surface area contributed by atoms with Gasteiger partial charge < -0.3 is 4.90 Å². The van der Waals surface area contributed by atoms with E-state index in [0.717, 1.165) is 37.4 Å². The third-order valence-electron chi connectivity index (χ3n) is 3.50. The lowest BCUT2D eigenvalue weighted by Gasteiger charge is -2.37. The van der Waals surface area contributed by atoms with Crippen LogP contribution in [-0.2, 0) is 9.59 Å². The highest BCUT2D eigenvalue weighted by Crippen LogP contribution is 2.43. The largest absolute Gasteiger partial charge is 0.345 e. The summed E-state index contributed by atoms with van der Waals surface area (Å²) in [5.74, 6) is 0.335. The van der Waals surface area contributed by atoms with Crippen LogP contribution >= 0.6 is 11.8 Å². The number of piperidine rings is 1. The van der Waals surface area contributed by atoms with Gasteiger partial charge in [0.1, 0.15) is 4.75 Å². The van der Waals surface area contributed by atoms with Gasteiger partial charge in [0, 0.05) is 13.1 Å². The quantitative estimate of drug-likeness (QED) is 0.684. The van der Waals surface area contributed by atoms with Gasteiger partial charge in [-0.25, -0.2) is 4.99 Å². The minimum Gasteiger partial charge on any atom is -0.345 e. The summed E-state index contributed by atoms with van der Waals surface area (Å²) in [7, 11) is 0. The second-order valence-corrected chi connectivity index (χ2v) is 6.20. The highest BCUT2D eigenvalue weighted by Gasteiger charge is 2.46. The lowest BCUT2D eigenvalue weighted by Crippen LogP contribution is -2.44. The Kier molecular flexibility index (Phi) is 3.06. The topological polar surface area (TPSA) is 49.7 Å². The van der Waals surface area contributed by atoms with Crippen LogP contribution in [0.15, 0.2) is 4.99 Å². The van der Waals surface area contributed by atoms with E-state index >= 15 is 0 Å². The van der Waals surface area contributed by atoms with E-state index in [1.54, 1.807) is 16.7 Å². The molecule has 88 valence electrons. The van der Waals surface area contributed by atoms with Crippen LogP contribution in [0.25, 0.3) is 0 Å². The molecule has 1 fully saturated rings. The molecule has 2 aliphatic heterocycles. The van der Waals surface area contributed by atoms with Crippen molar-refractivity contribution in [2.45, 2.75) is 31.4 Å². The molecular formula is C11H16N2O2S. The standard InChI is InChI=1S/C11H16N2O2S/c1-8-12-10(15)11(2,16-8)9-3-5-13(7-14)6-4-9/h7,9H,3-6H2,1-2H3. The van der Waals surface area contributed by atoms with Crippen molar-refractivity contribution in [2.75, 3.05) is 13.1 Å². The third-order valence-corrected chi connectivity index (χ3v) is 4.82. The Bertz CT molecular complexity index is 348. The molecule has 2 amide bonds. The van der Waals surface area contributed by atoms with E-state index in [1.165, 1.54) is 0 Å². The molecule has 0 N–H and O–H groups in total. The van der Waals surface area contributed by atoms with Gasteiger partial charge in [0.25, 0.3) is 5.91 Å². The number of rotatable bonds is 2. The molecule has 1 atom stereocenters. The molecule has 2 heterocycles. The predicted octanol–water partition coefficient (Wildman–Crippen LogP) is 1.31. The fraction of sp³-hybridized carbons (Fsp3) is 0.727. The second kappa shape index (κ2) is 4.20. The summed E-state index contributed by atoms with van der Waals surface area (Å²) in [6.45, 7) is 5.39. The van der Waals surface area contributed by atoms with E-state index in [9.17, 15) is 9.59 Å². The summed E-state index contributed by atoms with van der Waals surface area (Å²) in [6, 6.07) is 0. The molecule has 0 aromatic rings. The monoisotopic (exact) mass is 240 g/mol. The van der Waals surface area contributed by atoms with Crippen molar-refractivity contribution < 1.29 is 9.59 Å². The molecule has 4 nitrogen and oxygen atoms in total. The van der Waals surface area contributed by atoms with E-state index in [4.69, 9.17) is 0 Å². The molecular weight excluding hydrogens is 224 g/mol. The Morgan fingerprint density at radius 2 is 2.12 bits per heavy atom. The van der Waals surface area contributed by atoms with Crippen LogP contribution in [0, 0.1) is 5.92 Å². The number of nitrogens with zero attached hydrogens (tertiary/aromatic N) is 2. The van der Waals surface area contributed by atoms with Crippen molar-refractivity contribution in [3.8, 4) is 0 Å². The van der Waals surface area contributed by atoms with Gasteiger partial charge >= 0.3 is 0 Å². The molecule has 5 heteroatoms. The molecule has 0 aromatic heterocycles. The summed E-state index contributed by atoms with van der Waals surface area (Å²) in [5, 5.41) is 0.866. The van der Waals surface area contributed by atoms with Crippen LogP contribution in [0.5, 0.6) is 0 Å². The Morgan fingerprint density at radius 1 is 1.50 bits per heavy atom. The molecule has 1 saturated heterocycles. The molecule has 1 unspecified atom stereocenters. The Labute approximate surface area is 99.5 Å². The van der Waals surface area contributed by atoms with Crippen LogP contribution in [0.2, 0.25) is 0 Å². The van der Waals surface area contributed by atoms with Crippen LogP contribution in [0.4, 0.5) is 0 Å². The lowest BCUT2D eigenvalue weighted by atomic mass is 9.84. The number of carbonyl (C=O) groups is 2. The van der Waals surface area contributed by atoms with Crippen LogP contribution < -0.4 is 0 Å². The zero-order chi connectivity index (χ0) is 11.8. The SMILES string of the molecule is CC1=NC(=O)C(C)(C2CCN(C=O)CC2)S1. The Morgan fingerprint density at radius 3 is 2.56 bits per heavy atom. The van der Waals surface area contributed by atoms with Gasteiger partial charge in [-0.05, 0) is 32.6 Å². The Hall–Kier alpha value is -0.840. The fourth-order valence-corrected chi connectivity index (χ4v) is 3.72. The first kappa shape index (κ1) is 11.6. The molecule has 2 aliphatic rings. The molecule has 0 saturated carbocycles. The van der Waals surface area contributed by atoms with Crippen molar-refractivity contribution in [2.24, 2.45) is 10.9 Å². The maximum absolute atomic E-state index is 11.9. The summed E-state index contributed by atoms with van der Waals surface area (Å²) in [6.07, 6.45) is 2.69. The van der Waals surface area contributed by atoms with E-state index < -0.39 is 0 Å². The van der Waals surface area contributed by atoms with E-state index in [1.807, 2.05) is 13.8 Å². The zero-order valence-corrected chi connectivity index (χ0v) is 10.4. The molecule has 0 spiro atoms. The number of amides is 2. The second-order valence-electron chi connectivity index (χ2n) is 4.56. The first-order valence-electron chi connectivity index (χ1n) is 5.54. The van der Waals surface area contributed by atoms with Gasteiger partial charge in [0.2, 0.25) is 6.41 Å². The molecule has 0 bridgehead atoms. The number of carbonyl (C=O) groups excluding carboxylic acids is 2. The van der Waals surface area contributed by atoms with Gasteiger partial charge in [0.05, 0.1) is 5.04 Å². The van der Waals surface area contributed by atoms with E-state index in [-0.39, 0.29) is 10.7 Å². The van der Waals surface area contributed by atoms with Gasteiger partial charge in [-0.3, -0.25) is 9.59 Å². The highest BCUT2D eigenvalue weighted by molar-refractivity contribution is 8.16. The van der Waals surface area contributed by atoms with Crippen molar-refractivity contribution in [3.63, 3.8) is 0 Å². The average molecular weight is 240 g/mol. The van der Waals surface area contributed by atoms with Crippen molar-refractivity contribution in [1.82, 2.24) is 4.90 Å². The average Bonchev–Trinajstić information content (AvgIpc) is 2.54. The first-order chi connectivity index (χ1) is 7.56. The van der Waals surface area contributed by atoms with Gasteiger partial charge in [-0.2, -0.15) is 0 Å². The van der Waals surface area contributed by atoms with E-state index in [0.29, 0.717) is 5.92 Å². The smallest absolute Gasteiger partial charge is 0.263 e. The maximum Gasteiger partial charge on any atom is 0.263 e. The van der Waals surface area contributed by atoms with Crippen molar-refractivity contribution in [1.29, 1.82) is 0 Å². The third kappa shape index (κ3) is 1.88. The summed E-state index contributed by atoms with van der Waals surface area (Å²) >= 11 is 1.58. The lowest BCUT2D eigenvalue weighted by molar-refractivity contribution is -0.122. The molecule has 2 rings (SSSR count). The van der Waals surface area contributed by atoms with Crippen molar-refractivity contribution >= 4 is 29.1 Å². The van der Waals surface area contributed by atoms with Crippen LogP contribution in [0.3, 0.4) is 0 Å². The molecule has 16 heavy (non-hydrogen) atoms. The van der Waals surface area contributed by atoms with E-state index in [2.05, 4.69) is 4.99 Å². The van der Waals surface area contributed by atoms with Crippen LogP contribution in [0.1, 0.15) is 26.7 Å². The maximum atomic E-state index is 11.9. The van der Waals surface area contributed by atoms with Crippen molar-refractivity contribution in [3.05, 3.63) is 0 Å². The number of hydrogen-bond donors (Lipinski definition) is 0.